The average molecular weight is 305 g/mol. The molecule has 1 aliphatic rings. The molecule has 3 nitrogen and oxygen atoms in total. The Labute approximate surface area is 123 Å². The third-order valence-electron chi connectivity index (χ3n) is 3.50. The van der Waals surface area contributed by atoms with Crippen LogP contribution < -0.4 is 10.6 Å². The number of nitrogens with one attached hydrogen (secondary N) is 2. The van der Waals surface area contributed by atoms with Crippen molar-refractivity contribution in [3.63, 3.8) is 0 Å². The number of halogens is 3. The molecule has 1 aromatic rings. The molecule has 1 aliphatic heterocycles. The molecule has 2 rings (SSSR count). The summed E-state index contributed by atoms with van der Waals surface area (Å²) in [6, 6.07) is 3.40. The van der Waals surface area contributed by atoms with Crippen LogP contribution >= 0.6 is 12.4 Å². The molecule has 1 fully saturated rings. The van der Waals surface area contributed by atoms with Gasteiger partial charge < -0.3 is 10.6 Å². The first-order chi connectivity index (χ1) is 9.06. The van der Waals surface area contributed by atoms with E-state index in [1.54, 1.807) is 0 Å². The highest BCUT2D eigenvalue weighted by Gasteiger charge is 2.22. The van der Waals surface area contributed by atoms with E-state index in [4.69, 9.17) is 0 Å². The Bertz CT molecular complexity index is 470. The summed E-state index contributed by atoms with van der Waals surface area (Å²) in [7, 11) is 0. The third-order valence-corrected chi connectivity index (χ3v) is 3.50. The highest BCUT2D eigenvalue weighted by atomic mass is 35.5. The fraction of sp³-hybridized carbons (Fsp3) is 0.500. The molecule has 6 heteroatoms. The molecule has 112 valence electrons. The normalized spacial score (nSPS) is 21.9. The monoisotopic (exact) mass is 304 g/mol. The van der Waals surface area contributed by atoms with Crippen molar-refractivity contribution in [3.8, 4) is 0 Å². The largest absolute Gasteiger partial charge is 0.353 e. The van der Waals surface area contributed by atoms with Gasteiger partial charge in [-0.3, -0.25) is 4.79 Å². The quantitative estimate of drug-likeness (QED) is 0.897. The number of rotatable bonds is 3. The van der Waals surface area contributed by atoms with Gasteiger partial charge in [0.2, 0.25) is 5.91 Å². The van der Waals surface area contributed by atoms with Crippen molar-refractivity contribution in [2.45, 2.75) is 25.8 Å². The van der Waals surface area contributed by atoms with Crippen molar-refractivity contribution < 1.29 is 13.6 Å². The topological polar surface area (TPSA) is 41.1 Å². The van der Waals surface area contributed by atoms with Gasteiger partial charge in [0.1, 0.15) is 11.6 Å². The minimum atomic E-state index is -0.673. The van der Waals surface area contributed by atoms with Gasteiger partial charge in [-0.15, -0.1) is 12.4 Å². The van der Waals surface area contributed by atoms with Crippen LogP contribution in [-0.4, -0.2) is 25.0 Å². The lowest BCUT2D eigenvalue weighted by Crippen LogP contribution is -2.48. The SMILES string of the molecule is CC1CNCCC1NC(=O)Cc1ccc(F)cc1F.Cl. The van der Waals surface area contributed by atoms with Gasteiger partial charge in [0, 0.05) is 12.1 Å². The molecular formula is C14H19ClF2N2O. The van der Waals surface area contributed by atoms with E-state index in [-0.39, 0.29) is 36.3 Å². The molecule has 2 N–H and O–H groups in total. The molecule has 0 aromatic heterocycles. The maximum Gasteiger partial charge on any atom is 0.224 e. The van der Waals surface area contributed by atoms with Gasteiger partial charge in [-0.25, -0.2) is 8.78 Å². The number of hydrogen-bond donors (Lipinski definition) is 2. The van der Waals surface area contributed by atoms with Crippen molar-refractivity contribution in [1.82, 2.24) is 10.6 Å². The van der Waals surface area contributed by atoms with Crippen LogP contribution in [0.4, 0.5) is 8.78 Å². The first kappa shape index (κ1) is 16.9. The fourth-order valence-corrected chi connectivity index (χ4v) is 2.32. The molecule has 2 unspecified atom stereocenters. The lowest BCUT2D eigenvalue weighted by Gasteiger charge is -2.30. The van der Waals surface area contributed by atoms with Crippen molar-refractivity contribution >= 4 is 18.3 Å². The lowest BCUT2D eigenvalue weighted by atomic mass is 9.95. The summed E-state index contributed by atoms with van der Waals surface area (Å²) in [6.07, 6.45) is 0.821. The van der Waals surface area contributed by atoms with Crippen LogP contribution in [-0.2, 0) is 11.2 Å². The van der Waals surface area contributed by atoms with Crippen LogP contribution in [0, 0.1) is 17.6 Å². The highest BCUT2D eigenvalue weighted by molar-refractivity contribution is 5.85. The number of hydrogen-bond acceptors (Lipinski definition) is 2. The van der Waals surface area contributed by atoms with E-state index in [1.807, 2.05) is 0 Å². The van der Waals surface area contributed by atoms with Crippen LogP contribution in [0.15, 0.2) is 18.2 Å². The van der Waals surface area contributed by atoms with Crippen molar-refractivity contribution in [1.29, 1.82) is 0 Å². The predicted octanol–water partition coefficient (Wildman–Crippen LogP) is 2.04. The van der Waals surface area contributed by atoms with Gasteiger partial charge in [0.25, 0.3) is 0 Å². The Morgan fingerprint density at radius 2 is 2.20 bits per heavy atom. The van der Waals surface area contributed by atoms with Crippen LogP contribution in [0.2, 0.25) is 0 Å². The zero-order valence-corrected chi connectivity index (χ0v) is 12.1. The molecule has 0 spiro atoms. The van der Waals surface area contributed by atoms with Crippen LogP contribution in [0.3, 0.4) is 0 Å². The number of carbonyl (C=O) groups is 1. The van der Waals surface area contributed by atoms with E-state index in [0.29, 0.717) is 5.92 Å². The molecule has 2 atom stereocenters. The highest BCUT2D eigenvalue weighted by Crippen LogP contribution is 2.13. The zero-order valence-electron chi connectivity index (χ0n) is 11.3. The van der Waals surface area contributed by atoms with Gasteiger partial charge in [0.15, 0.2) is 0 Å². The second-order valence-electron chi connectivity index (χ2n) is 5.06. The summed E-state index contributed by atoms with van der Waals surface area (Å²) in [6.45, 7) is 3.81. The minimum absolute atomic E-state index is 0. The van der Waals surface area contributed by atoms with E-state index in [1.165, 1.54) is 12.1 Å². The van der Waals surface area contributed by atoms with E-state index in [0.717, 1.165) is 25.6 Å². The first-order valence-electron chi connectivity index (χ1n) is 6.50. The van der Waals surface area contributed by atoms with E-state index in [9.17, 15) is 13.6 Å². The zero-order chi connectivity index (χ0) is 13.8. The second-order valence-corrected chi connectivity index (χ2v) is 5.06. The Morgan fingerprint density at radius 3 is 2.85 bits per heavy atom. The first-order valence-corrected chi connectivity index (χ1v) is 6.50. The third kappa shape index (κ3) is 4.42. The van der Waals surface area contributed by atoms with Crippen LogP contribution in [0.1, 0.15) is 18.9 Å². The Morgan fingerprint density at radius 1 is 1.45 bits per heavy atom. The second kappa shape index (κ2) is 7.55. The number of carbonyl (C=O) groups excluding carboxylic acids is 1. The number of piperidine rings is 1. The summed E-state index contributed by atoms with van der Waals surface area (Å²) >= 11 is 0. The molecule has 0 aliphatic carbocycles. The number of benzene rings is 1. The van der Waals surface area contributed by atoms with E-state index in [2.05, 4.69) is 17.6 Å². The molecule has 1 amide bonds. The summed E-state index contributed by atoms with van der Waals surface area (Å²) < 4.78 is 26.2. The van der Waals surface area contributed by atoms with Gasteiger partial charge in [-0.2, -0.15) is 0 Å². The summed E-state index contributed by atoms with van der Waals surface area (Å²) in [4.78, 5) is 11.9. The molecule has 0 bridgehead atoms. The van der Waals surface area contributed by atoms with E-state index < -0.39 is 11.6 Å². The molecule has 0 radical (unpaired) electrons. The lowest BCUT2D eigenvalue weighted by molar-refractivity contribution is -0.121. The summed E-state index contributed by atoms with van der Waals surface area (Å²) in [5, 5.41) is 6.17. The van der Waals surface area contributed by atoms with Crippen LogP contribution in [0.25, 0.3) is 0 Å². The summed E-state index contributed by atoms with van der Waals surface area (Å²) in [5.74, 6) is -1.16. The van der Waals surface area contributed by atoms with Crippen molar-refractivity contribution in [3.05, 3.63) is 35.4 Å². The van der Waals surface area contributed by atoms with Gasteiger partial charge in [-0.1, -0.05) is 13.0 Å². The van der Waals surface area contributed by atoms with Gasteiger partial charge in [0.05, 0.1) is 6.42 Å². The molecule has 1 aromatic carbocycles. The predicted molar refractivity (Wildman–Crippen MR) is 75.9 cm³/mol. The maximum absolute atomic E-state index is 13.4. The molecule has 0 saturated carbocycles. The molecule has 20 heavy (non-hydrogen) atoms. The van der Waals surface area contributed by atoms with Crippen molar-refractivity contribution in [2.24, 2.45) is 5.92 Å². The standard InChI is InChI=1S/C14H18F2N2O.ClH/c1-9-8-17-5-4-13(9)18-14(19)6-10-2-3-11(15)7-12(10)16;/h2-3,7,9,13,17H,4-6,8H2,1H3,(H,18,19);1H. The minimum Gasteiger partial charge on any atom is -0.353 e. The molecule has 1 saturated heterocycles. The maximum atomic E-state index is 13.4. The molecule has 1 heterocycles. The average Bonchev–Trinajstić information content (AvgIpc) is 2.36. The van der Waals surface area contributed by atoms with Gasteiger partial charge in [-0.05, 0) is 37.1 Å². The van der Waals surface area contributed by atoms with Crippen molar-refractivity contribution in [2.75, 3.05) is 13.1 Å². The Hall–Kier alpha value is -1.20. The van der Waals surface area contributed by atoms with E-state index >= 15 is 0 Å². The summed E-state index contributed by atoms with van der Waals surface area (Å²) in [5.41, 5.74) is 0.223. The molecular weight excluding hydrogens is 286 g/mol. The smallest absolute Gasteiger partial charge is 0.224 e. The Kier molecular flexibility index (Phi) is 6.36. The number of amides is 1. The fourth-order valence-electron chi connectivity index (χ4n) is 2.32. The Balaban J connectivity index is 0.00000200. The van der Waals surface area contributed by atoms with Crippen LogP contribution in [0.5, 0.6) is 0 Å². The van der Waals surface area contributed by atoms with Gasteiger partial charge >= 0.3 is 0 Å².